The van der Waals surface area contributed by atoms with Crippen LogP contribution in [0.2, 0.25) is 0 Å². The molecule has 1 unspecified atom stereocenters. The summed E-state index contributed by atoms with van der Waals surface area (Å²) in [5.74, 6) is 2.08. The molecular formula is C14H22N4OS2. The van der Waals surface area contributed by atoms with E-state index in [1.54, 1.807) is 4.68 Å². The van der Waals surface area contributed by atoms with Crippen LogP contribution >= 0.6 is 23.1 Å². The molecular weight excluding hydrogens is 304 g/mol. The standard InChI is InChI=1S/C14H22N4OS2/c1-5-20-7-6-8(2)16-13(19)12-11(15)10-9(3)17-18(4)14(10)21-12/h8H,5-7,15H2,1-4H3,(H,16,19). The normalized spacial score (nSPS) is 12.8. The second-order valence-corrected chi connectivity index (χ2v) is 7.49. The minimum atomic E-state index is -0.0814. The van der Waals surface area contributed by atoms with Crippen LogP contribution in [0.15, 0.2) is 0 Å². The number of hydrogen-bond donors (Lipinski definition) is 2. The molecule has 0 radical (unpaired) electrons. The van der Waals surface area contributed by atoms with Crippen molar-refractivity contribution in [3.05, 3.63) is 10.6 Å². The van der Waals surface area contributed by atoms with Gasteiger partial charge in [0.25, 0.3) is 5.91 Å². The molecule has 2 aromatic rings. The maximum atomic E-state index is 12.4. The van der Waals surface area contributed by atoms with Crippen LogP contribution in [0.5, 0.6) is 0 Å². The molecule has 2 aromatic heterocycles. The lowest BCUT2D eigenvalue weighted by molar-refractivity contribution is 0.0944. The number of nitrogen functional groups attached to an aromatic ring is 1. The lowest BCUT2D eigenvalue weighted by atomic mass is 10.2. The van der Waals surface area contributed by atoms with Crippen molar-refractivity contribution in [3.63, 3.8) is 0 Å². The number of thioether (sulfide) groups is 1. The van der Waals surface area contributed by atoms with Crippen LogP contribution in [-0.2, 0) is 7.05 Å². The van der Waals surface area contributed by atoms with Gasteiger partial charge < -0.3 is 11.1 Å². The molecule has 2 rings (SSSR count). The van der Waals surface area contributed by atoms with Crippen molar-refractivity contribution in [1.82, 2.24) is 15.1 Å². The Bertz CT molecular complexity index is 647. The Morgan fingerprint density at radius 2 is 2.29 bits per heavy atom. The summed E-state index contributed by atoms with van der Waals surface area (Å²) in [6, 6.07) is 0.153. The summed E-state index contributed by atoms with van der Waals surface area (Å²) in [7, 11) is 1.87. The van der Waals surface area contributed by atoms with Gasteiger partial charge in [-0.05, 0) is 31.8 Å². The van der Waals surface area contributed by atoms with Crippen molar-refractivity contribution < 1.29 is 4.79 Å². The first-order valence-electron chi connectivity index (χ1n) is 7.05. The Labute approximate surface area is 133 Å². The van der Waals surface area contributed by atoms with Crippen molar-refractivity contribution in [1.29, 1.82) is 0 Å². The molecule has 2 heterocycles. The van der Waals surface area contributed by atoms with Gasteiger partial charge in [-0.1, -0.05) is 6.92 Å². The van der Waals surface area contributed by atoms with Gasteiger partial charge >= 0.3 is 0 Å². The van der Waals surface area contributed by atoms with Gasteiger partial charge in [-0.3, -0.25) is 9.48 Å². The lowest BCUT2D eigenvalue weighted by Crippen LogP contribution is -2.32. The zero-order chi connectivity index (χ0) is 15.6. The first-order chi connectivity index (χ1) is 9.95. The van der Waals surface area contributed by atoms with E-state index < -0.39 is 0 Å². The summed E-state index contributed by atoms with van der Waals surface area (Å²) in [5, 5.41) is 8.27. The van der Waals surface area contributed by atoms with Crippen LogP contribution in [0.4, 0.5) is 5.69 Å². The molecule has 7 heteroatoms. The molecule has 3 N–H and O–H groups in total. The number of hydrogen-bond acceptors (Lipinski definition) is 5. The number of aryl methyl sites for hydroxylation is 2. The van der Waals surface area contributed by atoms with E-state index in [2.05, 4.69) is 17.3 Å². The first kappa shape index (κ1) is 16.2. The maximum Gasteiger partial charge on any atom is 0.263 e. The van der Waals surface area contributed by atoms with E-state index in [4.69, 9.17) is 5.73 Å². The van der Waals surface area contributed by atoms with Gasteiger partial charge in [0.15, 0.2) is 0 Å². The van der Waals surface area contributed by atoms with E-state index >= 15 is 0 Å². The summed E-state index contributed by atoms with van der Waals surface area (Å²) >= 11 is 3.29. The third-order valence-corrected chi connectivity index (χ3v) is 5.57. The van der Waals surface area contributed by atoms with Gasteiger partial charge in [0.1, 0.15) is 9.71 Å². The van der Waals surface area contributed by atoms with Gasteiger partial charge in [0.05, 0.1) is 16.8 Å². The summed E-state index contributed by atoms with van der Waals surface area (Å²) < 4.78 is 1.78. The SMILES string of the molecule is CCSCCC(C)NC(=O)c1sc2c(c(C)nn2C)c1N. The maximum absolute atomic E-state index is 12.4. The highest BCUT2D eigenvalue weighted by Crippen LogP contribution is 2.35. The Kier molecular flexibility index (Phi) is 5.16. The summed E-state index contributed by atoms with van der Waals surface area (Å²) in [5.41, 5.74) is 7.56. The minimum Gasteiger partial charge on any atom is -0.397 e. The number of nitrogens with zero attached hydrogens (tertiary/aromatic N) is 2. The Morgan fingerprint density at radius 1 is 1.57 bits per heavy atom. The monoisotopic (exact) mass is 326 g/mol. The third kappa shape index (κ3) is 3.35. The largest absolute Gasteiger partial charge is 0.397 e. The van der Waals surface area contributed by atoms with Crippen molar-refractivity contribution in [2.75, 3.05) is 17.2 Å². The van der Waals surface area contributed by atoms with Gasteiger partial charge in [-0.2, -0.15) is 16.9 Å². The number of thiophene rings is 1. The molecule has 0 aliphatic heterocycles. The number of aromatic nitrogens is 2. The van der Waals surface area contributed by atoms with Crippen LogP contribution in [0.25, 0.3) is 10.2 Å². The van der Waals surface area contributed by atoms with Crippen LogP contribution in [0.3, 0.4) is 0 Å². The third-order valence-electron chi connectivity index (χ3n) is 3.37. The summed E-state index contributed by atoms with van der Waals surface area (Å²) in [6.45, 7) is 6.09. The number of amides is 1. The minimum absolute atomic E-state index is 0.0814. The molecule has 5 nitrogen and oxygen atoms in total. The molecule has 0 saturated carbocycles. The molecule has 0 saturated heterocycles. The first-order valence-corrected chi connectivity index (χ1v) is 9.03. The van der Waals surface area contributed by atoms with E-state index in [-0.39, 0.29) is 11.9 Å². The van der Waals surface area contributed by atoms with E-state index in [0.717, 1.165) is 33.8 Å². The molecule has 21 heavy (non-hydrogen) atoms. The van der Waals surface area contributed by atoms with Crippen LogP contribution in [0.1, 0.15) is 35.6 Å². The number of rotatable bonds is 6. The number of carbonyl (C=O) groups excluding carboxylic acids is 1. The van der Waals surface area contributed by atoms with Crippen molar-refractivity contribution in [2.24, 2.45) is 7.05 Å². The summed E-state index contributed by atoms with van der Waals surface area (Å²) in [6.07, 6.45) is 0.968. The van der Waals surface area contributed by atoms with Gasteiger partial charge in [-0.15, -0.1) is 11.3 Å². The van der Waals surface area contributed by atoms with E-state index in [0.29, 0.717) is 10.6 Å². The highest BCUT2D eigenvalue weighted by Gasteiger charge is 2.21. The molecule has 1 amide bonds. The average molecular weight is 326 g/mol. The van der Waals surface area contributed by atoms with E-state index in [9.17, 15) is 4.79 Å². The van der Waals surface area contributed by atoms with Crippen LogP contribution in [-0.4, -0.2) is 33.2 Å². The Hall–Kier alpha value is -1.21. The van der Waals surface area contributed by atoms with Crippen LogP contribution in [0, 0.1) is 6.92 Å². The number of carbonyl (C=O) groups is 1. The highest BCUT2D eigenvalue weighted by atomic mass is 32.2. The van der Waals surface area contributed by atoms with Gasteiger partial charge in [0.2, 0.25) is 0 Å². The second kappa shape index (κ2) is 6.70. The summed E-state index contributed by atoms with van der Waals surface area (Å²) in [4.78, 5) is 13.9. The molecule has 0 fully saturated rings. The van der Waals surface area contributed by atoms with Crippen LogP contribution < -0.4 is 11.1 Å². The van der Waals surface area contributed by atoms with E-state index in [1.165, 1.54) is 11.3 Å². The molecule has 0 aromatic carbocycles. The lowest BCUT2D eigenvalue weighted by Gasteiger charge is -2.13. The zero-order valence-corrected chi connectivity index (χ0v) is 14.5. The molecule has 0 spiro atoms. The van der Waals surface area contributed by atoms with Gasteiger partial charge in [0, 0.05) is 13.1 Å². The zero-order valence-electron chi connectivity index (χ0n) is 12.9. The second-order valence-electron chi connectivity index (χ2n) is 5.09. The predicted molar refractivity (Wildman–Crippen MR) is 92.3 cm³/mol. The number of fused-ring (bicyclic) bond motifs is 1. The smallest absolute Gasteiger partial charge is 0.263 e. The molecule has 0 aliphatic rings. The Balaban J connectivity index is 2.13. The topological polar surface area (TPSA) is 72.9 Å². The number of nitrogens with one attached hydrogen (secondary N) is 1. The average Bonchev–Trinajstić information content (AvgIpc) is 2.89. The number of anilines is 1. The number of nitrogens with two attached hydrogens (primary N) is 1. The van der Waals surface area contributed by atoms with Crippen molar-refractivity contribution in [3.8, 4) is 0 Å². The predicted octanol–water partition coefficient (Wildman–Crippen LogP) is 2.79. The fourth-order valence-corrected chi connectivity index (χ4v) is 4.16. The quantitative estimate of drug-likeness (QED) is 0.801. The van der Waals surface area contributed by atoms with Gasteiger partial charge in [-0.25, -0.2) is 0 Å². The fourth-order valence-electron chi connectivity index (χ4n) is 2.26. The fraction of sp³-hybridized carbons (Fsp3) is 0.571. The van der Waals surface area contributed by atoms with Crippen molar-refractivity contribution in [2.45, 2.75) is 33.2 Å². The highest BCUT2D eigenvalue weighted by molar-refractivity contribution is 7.99. The Morgan fingerprint density at radius 3 is 2.90 bits per heavy atom. The molecule has 1 atom stereocenters. The molecule has 0 bridgehead atoms. The van der Waals surface area contributed by atoms with E-state index in [1.807, 2.05) is 32.7 Å². The van der Waals surface area contributed by atoms with Crippen molar-refractivity contribution >= 4 is 44.9 Å². The molecule has 0 aliphatic carbocycles. The molecule has 116 valence electrons.